The summed E-state index contributed by atoms with van der Waals surface area (Å²) in [6, 6.07) is 3.94. The zero-order valence-corrected chi connectivity index (χ0v) is 13.6. The molecule has 4 rings (SSSR count). The zero-order valence-electron chi connectivity index (χ0n) is 13.6. The molecule has 0 spiro atoms. The molecule has 0 radical (unpaired) electrons. The summed E-state index contributed by atoms with van der Waals surface area (Å²) in [7, 11) is 0. The van der Waals surface area contributed by atoms with Gasteiger partial charge in [-0.05, 0) is 43.7 Å². The lowest BCUT2D eigenvalue weighted by Crippen LogP contribution is -2.38. The summed E-state index contributed by atoms with van der Waals surface area (Å²) < 4.78 is 1.79. The first kappa shape index (κ1) is 15.1. The van der Waals surface area contributed by atoms with Crippen molar-refractivity contribution >= 4 is 11.7 Å². The molecular formula is C17H22N6O. The summed E-state index contributed by atoms with van der Waals surface area (Å²) in [6.07, 6.45) is 9.83. The van der Waals surface area contributed by atoms with E-state index in [0.29, 0.717) is 12.1 Å². The average Bonchev–Trinajstić information content (AvgIpc) is 3.08. The van der Waals surface area contributed by atoms with Crippen molar-refractivity contribution in [3.8, 4) is 0 Å². The maximum absolute atomic E-state index is 12.8. The fourth-order valence-electron chi connectivity index (χ4n) is 3.20. The van der Waals surface area contributed by atoms with E-state index in [0.717, 1.165) is 37.7 Å². The smallest absolute Gasteiger partial charge is 0.255 e. The van der Waals surface area contributed by atoms with Gasteiger partial charge < -0.3 is 10.2 Å². The van der Waals surface area contributed by atoms with Gasteiger partial charge in [-0.25, -0.2) is 4.98 Å². The number of amides is 1. The topological polar surface area (TPSA) is 75.9 Å². The number of likely N-dealkylation sites (tertiary alicyclic amines) is 1. The molecule has 1 saturated carbocycles. The van der Waals surface area contributed by atoms with Crippen LogP contribution in [-0.2, 0) is 6.54 Å². The predicted octanol–water partition coefficient (Wildman–Crippen LogP) is 1.80. The van der Waals surface area contributed by atoms with Crippen molar-refractivity contribution in [2.24, 2.45) is 5.92 Å². The molecule has 0 aromatic carbocycles. The van der Waals surface area contributed by atoms with Crippen molar-refractivity contribution in [1.82, 2.24) is 24.9 Å². The highest BCUT2D eigenvalue weighted by Gasteiger charge is 2.30. The van der Waals surface area contributed by atoms with Gasteiger partial charge in [0.05, 0.1) is 24.3 Å². The van der Waals surface area contributed by atoms with E-state index < -0.39 is 0 Å². The Hall–Kier alpha value is -2.44. The molecule has 0 unspecified atom stereocenters. The lowest BCUT2D eigenvalue weighted by Gasteiger charge is -2.24. The molecule has 7 nitrogen and oxygen atoms in total. The van der Waals surface area contributed by atoms with E-state index in [1.54, 1.807) is 17.1 Å². The molecule has 1 aliphatic carbocycles. The van der Waals surface area contributed by atoms with Gasteiger partial charge in [-0.3, -0.25) is 9.48 Å². The predicted molar refractivity (Wildman–Crippen MR) is 89.5 cm³/mol. The Labute approximate surface area is 141 Å². The molecular weight excluding hydrogens is 304 g/mol. The Morgan fingerprint density at radius 1 is 1.29 bits per heavy atom. The third kappa shape index (κ3) is 3.39. The third-order valence-electron chi connectivity index (χ3n) is 4.79. The molecule has 1 aliphatic heterocycles. The van der Waals surface area contributed by atoms with Gasteiger partial charge in [-0.1, -0.05) is 5.21 Å². The number of nitrogens with one attached hydrogen (secondary N) is 1. The summed E-state index contributed by atoms with van der Waals surface area (Å²) in [5.41, 5.74) is 0.650. The number of anilines is 1. The van der Waals surface area contributed by atoms with Crippen molar-refractivity contribution in [2.75, 3.05) is 18.4 Å². The molecule has 126 valence electrons. The van der Waals surface area contributed by atoms with Crippen LogP contribution in [0.2, 0.25) is 0 Å². The van der Waals surface area contributed by atoms with Crippen molar-refractivity contribution in [3.63, 3.8) is 0 Å². The Balaban J connectivity index is 1.39. The first-order chi connectivity index (χ1) is 11.8. The van der Waals surface area contributed by atoms with Crippen LogP contribution in [0.15, 0.2) is 30.7 Å². The normalized spacial score (nSPS) is 20.3. The van der Waals surface area contributed by atoms with Gasteiger partial charge in [-0.15, -0.1) is 5.10 Å². The SMILES string of the molecule is O=C(c1ccc(NCC2CC2)nc1)N1CCC[C@H]1Cn1ccnn1. The number of hydrogen-bond acceptors (Lipinski definition) is 5. The first-order valence-corrected chi connectivity index (χ1v) is 8.64. The van der Waals surface area contributed by atoms with Crippen molar-refractivity contribution in [3.05, 3.63) is 36.3 Å². The fourth-order valence-corrected chi connectivity index (χ4v) is 3.20. The summed E-state index contributed by atoms with van der Waals surface area (Å²) in [6.45, 7) is 2.46. The molecule has 0 bridgehead atoms. The number of rotatable bonds is 6. The molecule has 2 fully saturated rings. The van der Waals surface area contributed by atoms with Gasteiger partial charge in [0.1, 0.15) is 5.82 Å². The molecule has 1 saturated heterocycles. The van der Waals surface area contributed by atoms with Crippen LogP contribution >= 0.6 is 0 Å². The van der Waals surface area contributed by atoms with E-state index in [4.69, 9.17) is 0 Å². The fraction of sp³-hybridized carbons (Fsp3) is 0.529. The number of carbonyl (C=O) groups is 1. The maximum atomic E-state index is 12.8. The summed E-state index contributed by atoms with van der Waals surface area (Å²) in [4.78, 5) is 19.1. The first-order valence-electron chi connectivity index (χ1n) is 8.64. The third-order valence-corrected chi connectivity index (χ3v) is 4.79. The molecule has 24 heavy (non-hydrogen) atoms. The summed E-state index contributed by atoms with van der Waals surface area (Å²) >= 11 is 0. The second-order valence-corrected chi connectivity index (χ2v) is 6.68. The number of nitrogens with zero attached hydrogens (tertiary/aromatic N) is 5. The largest absolute Gasteiger partial charge is 0.370 e. The summed E-state index contributed by atoms with van der Waals surface area (Å²) in [5.74, 6) is 1.70. The molecule has 2 aromatic rings. The molecule has 7 heteroatoms. The van der Waals surface area contributed by atoms with Crippen LogP contribution < -0.4 is 5.32 Å². The van der Waals surface area contributed by atoms with Gasteiger partial charge in [0.15, 0.2) is 0 Å². The van der Waals surface area contributed by atoms with Gasteiger partial charge >= 0.3 is 0 Å². The average molecular weight is 326 g/mol. The highest BCUT2D eigenvalue weighted by atomic mass is 16.2. The monoisotopic (exact) mass is 326 g/mol. The molecule has 2 aromatic heterocycles. The molecule has 1 amide bonds. The number of aromatic nitrogens is 4. The minimum Gasteiger partial charge on any atom is -0.370 e. The summed E-state index contributed by atoms with van der Waals surface area (Å²) in [5, 5.41) is 11.2. The van der Waals surface area contributed by atoms with Crippen LogP contribution in [0.1, 0.15) is 36.0 Å². The van der Waals surface area contributed by atoms with E-state index in [1.807, 2.05) is 23.2 Å². The highest BCUT2D eigenvalue weighted by Crippen LogP contribution is 2.28. The Bertz CT molecular complexity index is 680. The van der Waals surface area contributed by atoms with Crippen LogP contribution in [0.5, 0.6) is 0 Å². The van der Waals surface area contributed by atoms with E-state index in [2.05, 4.69) is 20.6 Å². The van der Waals surface area contributed by atoms with E-state index >= 15 is 0 Å². The minimum atomic E-state index is 0.0545. The van der Waals surface area contributed by atoms with Gasteiger partial charge in [0.25, 0.3) is 5.91 Å². The molecule has 3 heterocycles. The Morgan fingerprint density at radius 3 is 2.92 bits per heavy atom. The van der Waals surface area contributed by atoms with Crippen LogP contribution in [0, 0.1) is 5.92 Å². The zero-order chi connectivity index (χ0) is 16.4. The van der Waals surface area contributed by atoms with Gasteiger partial charge in [0.2, 0.25) is 0 Å². The van der Waals surface area contributed by atoms with Crippen LogP contribution in [0.4, 0.5) is 5.82 Å². The van der Waals surface area contributed by atoms with Crippen LogP contribution in [0.25, 0.3) is 0 Å². The van der Waals surface area contributed by atoms with Crippen LogP contribution in [-0.4, -0.2) is 49.9 Å². The second-order valence-electron chi connectivity index (χ2n) is 6.68. The lowest BCUT2D eigenvalue weighted by atomic mass is 10.2. The lowest BCUT2D eigenvalue weighted by molar-refractivity contribution is 0.0721. The van der Waals surface area contributed by atoms with Gasteiger partial charge in [-0.2, -0.15) is 0 Å². The number of carbonyl (C=O) groups excluding carboxylic acids is 1. The Kier molecular flexibility index (Phi) is 4.15. The standard InChI is InChI=1S/C17H22N6O/c24-17(14-5-6-16(19-11-14)18-10-13-3-4-13)23-8-1-2-15(23)12-22-9-7-20-21-22/h5-7,9,11,13,15H,1-4,8,10,12H2,(H,18,19)/t15-/m0/s1. The number of pyridine rings is 1. The Morgan fingerprint density at radius 2 is 2.21 bits per heavy atom. The van der Waals surface area contributed by atoms with Crippen molar-refractivity contribution in [1.29, 1.82) is 0 Å². The van der Waals surface area contributed by atoms with Gasteiger partial charge in [0, 0.05) is 25.5 Å². The molecule has 2 aliphatic rings. The van der Waals surface area contributed by atoms with Crippen molar-refractivity contribution < 1.29 is 4.79 Å². The quantitative estimate of drug-likeness (QED) is 0.876. The van der Waals surface area contributed by atoms with Crippen LogP contribution in [0.3, 0.4) is 0 Å². The second kappa shape index (κ2) is 6.59. The van der Waals surface area contributed by atoms with E-state index in [1.165, 1.54) is 12.8 Å². The van der Waals surface area contributed by atoms with E-state index in [-0.39, 0.29) is 11.9 Å². The maximum Gasteiger partial charge on any atom is 0.255 e. The highest BCUT2D eigenvalue weighted by molar-refractivity contribution is 5.94. The van der Waals surface area contributed by atoms with E-state index in [9.17, 15) is 4.79 Å². The van der Waals surface area contributed by atoms with Crippen molar-refractivity contribution in [2.45, 2.75) is 38.3 Å². The number of hydrogen-bond donors (Lipinski definition) is 1. The minimum absolute atomic E-state index is 0.0545. The molecule has 1 N–H and O–H groups in total. The molecule has 1 atom stereocenters.